The van der Waals surface area contributed by atoms with E-state index in [1.165, 1.54) is 19.1 Å². The van der Waals surface area contributed by atoms with Crippen LogP contribution in [0.15, 0.2) is 74.7 Å². The van der Waals surface area contributed by atoms with Gasteiger partial charge >= 0.3 is 0 Å². The summed E-state index contributed by atoms with van der Waals surface area (Å²) in [6.07, 6.45) is 0. The summed E-state index contributed by atoms with van der Waals surface area (Å²) in [6, 6.07) is 14.8. The first-order valence-electron chi connectivity index (χ1n) is 8.64. The van der Waals surface area contributed by atoms with Crippen molar-refractivity contribution in [3.8, 4) is 0 Å². The molecule has 2 aromatic carbocycles. The molecule has 0 spiro atoms. The normalized spacial score (nSPS) is 13.6. The molecule has 5 nitrogen and oxygen atoms in total. The van der Waals surface area contributed by atoms with Crippen molar-refractivity contribution in [2.45, 2.75) is 23.2 Å². The van der Waals surface area contributed by atoms with E-state index in [0.29, 0.717) is 10.0 Å². The molecule has 2 unspecified atom stereocenters. The zero-order valence-corrected chi connectivity index (χ0v) is 18.5. The van der Waals surface area contributed by atoms with Crippen LogP contribution in [0.3, 0.4) is 0 Å². The largest absolute Gasteiger partial charge is 0.344 e. The van der Waals surface area contributed by atoms with Crippen molar-refractivity contribution in [1.82, 2.24) is 10.0 Å². The number of benzene rings is 2. The lowest BCUT2D eigenvalue weighted by Gasteiger charge is -2.23. The van der Waals surface area contributed by atoms with Crippen molar-refractivity contribution < 1.29 is 17.6 Å². The van der Waals surface area contributed by atoms with Crippen LogP contribution in [0.1, 0.15) is 24.1 Å². The lowest BCUT2D eigenvalue weighted by atomic mass is 9.98. The van der Waals surface area contributed by atoms with Gasteiger partial charge in [-0.2, -0.15) is 4.72 Å². The number of amides is 1. The van der Waals surface area contributed by atoms with Gasteiger partial charge in [0.1, 0.15) is 10.0 Å². The van der Waals surface area contributed by atoms with Crippen molar-refractivity contribution in [1.29, 1.82) is 0 Å². The molecule has 0 fully saturated rings. The molecule has 0 bridgehead atoms. The zero-order valence-electron chi connectivity index (χ0n) is 15.3. The Kier molecular flexibility index (Phi) is 6.84. The van der Waals surface area contributed by atoms with Crippen LogP contribution in [0.4, 0.5) is 4.39 Å². The number of carbonyl (C=O) groups excluding carboxylic acids is 1. The zero-order chi connectivity index (χ0) is 21.0. The maximum absolute atomic E-state index is 14.6. The molecule has 3 aromatic rings. The average Bonchev–Trinajstić information content (AvgIpc) is 3.23. The van der Waals surface area contributed by atoms with Crippen LogP contribution in [0, 0.1) is 5.82 Å². The van der Waals surface area contributed by atoms with E-state index in [1.807, 2.05) is 6.07 Å². The molecule has 1 heterocycles. The van der Waals surface area contributed by atoms with E-state index in [0.717, 1.165) is 11.3 Å². The van der Waals surface area contributed by atoms with Crippen LogP contribution in [-0.2, 0) is 14.8 Å². The second-order valence-electron chi connectivity index (χ2n) is 6.29. The summed E-state index contributed by atoms with van der Waals surface area (Å²) in [6.45, 7) is 1.44. The van der Waals surface area contributed by atoms with E-state index in [2.05, 4.69) is 26.0 Å². The Hall–Kier alpha value is -2.07. The van der Waals surface area contributed by atoms with E-state index in [4.69, 9.17) is 0 Å². The standard InChI is InChI=1S/C20H18BrFN2O3S2/c1-13(24-29(26,27)18-8-5-11-28-18)20(25)23-19(14-6-3-2-4-7-14)16-10-9-15(21)12-17(16)22/h2-13,19,24H,1H3,(H,23,25). The molecule has 29 heavy (non-hydrogen) atoms. The Bertz CT molecular complexity index is 1090. The lowest BCUT2D eigenvalue weighted by Crippen LogP contribution is -2.46. The third kappa shape index (κ3) is 5.30. The highest BCUT2D eigenvalue weighted by Gasteiger charge is 2.26. The molecule has 0 saturated carbocycles. The van der Waals surface area contributed by atoms with Gasteiger partial charge in [0.15, 0.2) is 0 Å². The molecule has 1 aromatic heterocycles. The maximum Gasteiger partial charge on any atom is 0.250 e. The van der Waals surface area contributed by atoms with Crippen molar-refractivity contribution >= 4 is 43.2 Å². The van der Waals surface area contributed by atoms with Gasteiger partial charge in [0, 0.05) is 10.0 Å². The van der Waals surface area contributed by atoms with Crippen molar-refractivity contribution in [3.63, 3.8) is 0 Å². The summed E-state index contributed by atoms with van der Waals surface area (Å²) >= 11 is 4.28. The highest BCUT2D eigenvalue weighted by Crippen LogP contribution is 2.27. The predicted octanol–water partition coefficient (Wildman–Crippen LogP) is 4.22. The van der Waals surface area contributed by atoms with Crippen LogP contribution >= 0.6 is 27.3 Å². The maximum atomic E-state index is 14.6. The van der Waals surface area contributed by atoms with Gasteiger partial charge in [-0.05, 0) is 36.1 Å². The van der Waals surface area contributed by atoms with Crippen LogP contribution in [0.2, 0.25) is 0 Å². The Morgan fingerprint density at radius 1 is 1.10 bits per heavy atom. The van der Waals surface area contributed by atoms with Gasteiger partial charge in [0.25, 0.3) is 10.0 Å². The third-order valence-electron chi connectivity index (χ3n) is 4.18. The van der Waals surface area contributed by atoms with Gasteiger partial charge in [-0.25, -0.2) is 12.8 Å². The first kappa shape index (κ1) is 21.6. The SMILES string of the molecule is CC(NS(=O)(=O)c1cccs1)C(=O)NC(c1ccccc1)c1ccc(Br)cc1F. The number of thiophene rings is 1. The molecule has 3 rings (SSSR count). The molecule has 0 aliphatic rings. The Morgan fingerprint density at radius 3 is 2.45 bits per heavy atom. The molecule has 0 aliphatic carbocycles. The van der Waals surface area contributed by atoms with Gasteiger partial charge in [0.05, 0.1) is 12.1 Å². The summed E-state index contributed by atoms with van der Waals surface area (Å²) in [4.78, 5) is 12.8. The van der Waals surface area contributed by atoms with Crippen LogP contribution < -0.4 is 10.0 Å². The molecular formula is C20H18BrFN2O3S2. The Morgan fingerprint density at radius 2 is 1.83 bits per heavy atom. The predicted molar refractivity (Wildman–Crippen MR) is 115 cm³/mol. The number of rotatable bonds is 7. The fourth-order valence-electron chi connectivity index (χ4n) is 2.75. The average molecular weight is 497 g/mol. The quantitative estimate of drug-likeness (QED) is 0.514. The highest BCUT2D eigenvalue weighted by molar-refractivity contribution is 9.10. The minimum Gasteiger partial charge on any atom is -0.344 e. The van der Waals surface area contributed by atoms with Gasteiger partial charge in [-0.1, -0.05) is 58.4 Å². The number of carbonyl (C=O) groups is 1. The van der Waals surface area contributed by atoms with E-state index in [9.17, 15) is 17.6 Å². The molecule has 0 radical (unpaired) electrons. The van der Waals surface area contributed by atoms with Crippen molar-refractivity contribution in [2.24, 2.45) is 0 Å². The van der Waals surface area contributed by atoms with E-state index < -0.39 is 33.8 Å². The van der Waals surface area contributed by atoms with E-state index in [1.54, 1.807) is 47.8 Å². The number of nitrogens with one attached hydrogen (secondary N) is 2. The highest BCUT2D eigenvalue weighted by atomic mass is 79.9. The van der Waals surface area contributed by atoms with Gasteiger partial charge in [-0.3, -0.25) is 4.79 Å². The molecule has 0 saturated heterocycles. The lowest BCUT2D eigenvalue weighted by molar-refractivity contribution is -0.122. The summed E-state index contributed by atoms with van der Waals surface area (Å²) in [5.74, 6) is -1.05. The summed E-state index contributed by atoms with van der Waals surface area (Å²) < 4.78 is 42.4. The molecule has 2 atom stereocenters. The Labute approximate surface area is 181 Å². The van der Waals surface area contributed by atoms with Crippen LogP contribution in [-0.4, -0.2) is 20.4 Å². The summed E-state index contributed by atoms with van der Waals surface area (Å²) in [5.41, 5.74) is 0.955. The molecule has 1 amide bonds. The monoisotopic (exact) mass is 496 g/mol. The molecule has 152 valence electrons. The van der Waals surface area contributed by atoms with Crippen molar-refractivity contribution in [3.05, 3.63) is 87.5 Å². The fourth-order valence-corrected chi connectivity index (χ4v) is 5.30. The smallest absolute Gasteiger partial charge is 0.250 e. The second-order valence-corrected chi connectivity index (χ2v) is 10.1. The topological polar surface area (TPSA) is 75.3 Å². The van der Waals surface area contributed by atoms with Gasteiger partial charge in [0.2, 0.25) is 5.91 Å². The fraction of sp³-hybridized carbons (Fsp3) is 0.150. The Balaban J connectivity index is 1.85. The summed E-state index contributed by atoms with van der Waals surface area (Å²) in [7, 11) is -3.81. The van der Waals surface area contributed by atoms with E-state index >= 15 is 0 Å². The minimum atomic E-state index is -3.81. The molecular weight excluding hydrogens is 479 g/mol. The van der Waals surface area contributed by atoms with Crippen molar-refractivity contribution in [2.75, 3.05) is 0 Å². The second kappa shape index (κ2) is 9.17. The van der Waals surface area contributed by atoms with Crippen LogP contribution in [0.25, 0.3) is 0 Å². The molecule has 2 N–H and O–H groups in total. The number of sulfonamides is 1. The minimum absolute atomic E-state index is 0.121. The third-order valence-corrected chi connectivity index (χ3v) is 7.61. The first-order chi connectivity index (χ1) is 13.8. The van der Waals surface area contributed by atoms with E-state index in [-0.39, 0.29) is 9.77 Å². The number of halogens is 2. The van der Waals surface area contributed by atoms with Gasteiger partial charge < -0.3 is 5.32 Å². The first-order valence-corrected chi connectivity index (χ1v) is 11.8. The van der Waals surface area contributed by atoms with Gasteiger partial charge in [-0.15, -0.1) is 11.3 Å². The summed E-state index contributed by atoms with van der Waals surface area (Å²) in [5, 5.41) is 4.40. The molecule has 9 heteroatoms. The molecule has 0 aliphatic heterocycles. The number of hydrogen-bond donors (Lipinski definition) is 2. The number of hydrogen-bond acceptors (Lipinski definition) is 4. The van der Waals surface area contributed by atoms with Crippen LogP contribution in [0.5, 0.6) is 0 Å².